The first-order valence-corrected chi connectivity index (χ1v) is 4.64. The molecule has 0 unspecified atom stereocenters. The highest BCUT2D eigenvalue weighted by molar-refractivity contribution is 6.29. The summed E-state index contributed by atoms with van der Waals surface area (Å²) in [6.07, 6.45) is 1.36. The van der Waals surface area contributed by atoms with Crippen LogP contribution in [0.25, 0.3) is 0 Å². The Kier molecular flexibility index (Phi) is 4.79. The molecule has 0 saturated carbocycles. The van der Waals surface area contributed by atoms with Gasteiger partial charge in [0, 0.05) is 12.6 Å². The van der Waals surface area contributed by atoms with Crippen LogP contribution in [0.1, 0.15) is 0 Å². The number of carbonyl (C=O) groups excluding carboxylic acids is 1. The highest BCUT2D eigenvalue weighted by Gasteiger charge is 1.96. The number of nitrogens with one attached hydrogen (secondary N) is 1. The molecule has 0 bridgehead atoms. The molecule has 0 radical (unpaired) electrons. The molecule has 0 fully saturated rings. The van der Waals surface area contributed by atoms with Crippen molar-refractivity contribution in [3.63, 3.8) is 0 Å². The maximum Gasteiger partial charge on any atom is 0.243 e. The third kappa shape index (κ3) is 5.14. The average molecular weight is 231 g/mol. The van der Waals surface area contributed by atoms with Gasteiger partial charge in [-0.15, -0.1) is 0 Å². The van der Waals surface area contributed by atoms with E-state index in [-0.39, 0.29) is 6.61 Å². The molecule has 0 aliphatic heterocycles. The lowest BCUT2D eigenvalue weighted by Gasteiger charge is -2.05. The number of hydrogen-bond acceptors (Lipinski definition) is 5. The zero-order valence-corrected chi connectivity index (χ0v) is 8.70. The highest BCUT2D eigenvalue weighted by Crippen LogP contribution is 2.07. The van der Waals surface area contributed by atoms with Crippen molar-refractivity contribution in [2.75, 3.05) is 25.1 Å². The lowest BCUT2D eigenvalue weighted by atomic mass is 10.5. The molecule has 0 aromatic carbocycles. The van der Waals surface area contributed by atoms with Gasteiger partial charge in [-0.05, 0) is 0 Å². The Morgan fingerprint density at radius 3 is 3.07 bits per heavy atom. The van der Waals surface area contributed by atoms with Crippen LogP contribution in [0.4, 0.5) is 5.82 Å². The van der Waals surface area contributed by atoms with Gasteiger partial charge in [-0.1, -0.05) is 11.6 Å². The van der Waals surface area contributed by atoms with Crippen molar-refractivity contribution in [3.8, 4) is 0 Å². The van der Waals surface area contributed by atoms with E-state index in [2.05, 4.69) is 15.3 Å². The zero-order chi connectivity index (χ0) is 11.1. The van der Waals surface area contributed by atoms with E-state index < -0.39 is 5.91 Å². The molecule has 15 heavy (non-hydrogen) atoms. The molecule has 1 amide bonds. The summed E-state index contributed by atoms with van der Waals surface area (Å²) in [4.78, 5) is 18.0. The van der Waals surface area contributed by atoms with E-state index in [0.717, 1.165) is 0 Å². The molecule has 1 heterocycles. The quantitative estimate of drug-likeness (QED) is 0.532. The largest absolute Gasteiger partial charge is 0.370 e. The Labute approximate surface area is 91.8 Å². The van der Waals surface area contributed by atoms with Crippen LogP contribution in [-0.4, -0.2) is 35.6 Å². The van der Waals surface area contributed by atoms with Crippen molar-refractivity contribution in [1.29, 1.82) is 0 Å². The first-order valence-electron chi connectivity index (χ1n) is 4.26. The van der Waals surface area contributed by atoms with Crippen LogP contribution < -0.4 is 11.1 Å². The van der Waals surface area contributed by atoms with Gasteiger partial charge in [-0.3, -0.25) is 4.79 Å². The molecule has 1 aromatic heterocycles. The predicted molar refractivity (Wildman–Crippen MR) is 55.5 cm³/mol. The number of ether oxygens (including phenoxy) is 1. The minimum absolute atomic E-state index is 0.0772. The molecule has 7 heteroatoms. The lowest BCUT2D eigenvalue weighted by molar-refractivity contribution is -0.122. The van der Waals surface area contributed by atoms with Crippen molar-refractivity contribution < 1.29 is 9.53 Å². The normalized spacial score (nSPS) is 9.93. The molecular weight excluding hydrogens is 220 g/mol. The minimum atomic E-state index is -0.486. The molecule has 0 atom stereocenters. The number of anilines is 1. The number of hydrogen-bond donors (Lipinski definition) is 2. The first-order chi connectivity index (χ1) is 7.18. The van der Waals surface area contributed by atoms with Crippen molar-refractivity contribution in [2.24, 2.45) is 5.73 Å². The number of carbonyl (C=O) groups is 1. The molecular formula is C8H11ClN4O2. The average Bonchev–Trinajstić information content (AvgIpc) is 2.17. The number of nitrogens with two attached hydrogens (primary N) is 1. The summed E-state index contributed by atoms with van der Waals surface area (Å²) in [6, 6.07) is 1.59. The molecule has 0 spiro atoms. The van der Waals surface area contributed by atoms with E-state index >= 15 is 0 Å². The molecule has 1 rings (SSSR count). The Bertz CT molecular complexity index is 334. The number of amides is 1. The van der Waals surface area contributed by atoms with Crippen molar-refractivity contribution in [2.45, 2.75) is 0 Å². The van der Waals surface area contributed by atoms with Gasteiger partial charge in [0.2, 0.25) is 5.91 Å². The van der Waals surface area contributed by atoms with Crippen LogP contribution >= 0.6 is 11.6 Å². The SMILES string of the molecule is NC(=O)COCCNc1cc(Cl)ncn1. The van der Waals surface area contributed by atoms with Gasteiger partial charge in [0.1, 0.15) is 23.9 Å². The fourth-order valence-corrected chi connectivity index (χ4v) is 1.00. The van der Waals surface area contributed by atoms with Crippen LogP contribution in [0.3, 0.4) is 0 Å². The summed E-state index contributed by atoms with van der Waals surface area (Å²) in [5.41, 5.74) is 4.88. The molecule has 0 aliphatic rings. The maximum absolute atomic E-state index is 10.3. The van der Waals surface area contributed by atoms with Crippen molar-refractivity contribution in [3.05, 3.63) is 17.5 Å². The molecule has 1 aromatic rings. The van der Waals surface area contributed by atoms with Crippen LogP contribution in [0.5, 0.6) is 0 Å². The molecule has 0 aliphatic carbocycles. The molecule has 0 saturated heterocycles. The van der Waals surface area contributed by atoms with Gasteiger partial charge in [-0.2, -0.15) is 0 Å². The summed E-state index contributed by atoms with van der Waals surface area (Å²) in [6.45, 7) is 0.803. The smallest absolute Gasteiger partial charge is 0.243 e. The Morgan fingerprint density at radius 2 is 2.40 bits per heavy atom. The van der Waals surface area contributed by atoms with Crippen molar-refractivity contribution >= 4 is 23.3 Å². The van der Waals surface area contributed by atoms with Gasteiger partial charge in [0.25, 0.3) is 0 Å². The van der Waals surface area contributed by atoms with E-state index in [1.54, 1.807) is 6.07 Å². The van der Waals surface area contributed by atoms with Crippen LogP contribution in [0.15, 0.2) is 12.4 Å². The third-order valence-corrected chi connectivity index (χ3v) is 1.64. The van der Waals surface area contributed by atoms with Gasteiger partial charge < -0.3 is 15.8 Å². The van der Waals surface area contributed by atoms with Crippen LogP contribution in [-0.2, 0) is 9.53 Å². The van der Waals surface area contributed by atoms with E-state index in [4.69, 9.17) is 22.1 Å². The summed E-state index contributed by atoms with van der Waals surface area (Å²) < 4.78 is 4.93. The van der Waals surface area contributed by atoms with E-state index in [1.165, 1.54) is 6.33 Å². The molecule has 3 N–H and O–H groups in total. The summed E-state index contributed by atoms with van der Waals surface area (Å²) >= 11 is 5.64. The van der Waals surface area contributed by atoms with Crippen molar-refractivity contribution in [1.82, 2.24) is 9.97 Å². The standard InChI is InChI=1S/C8H11ClN4O2/c9-6-3-8(13-5-12-6)11-1-2-15-4-7(10)14/h3,5H,1-2,4H2,(H2,10,14)(H,11,12,13). The second-order valence-corrected chi connectivity index (χ2v) is 3.06. The van der Waals surface area contributed by atoms with Gasteiger partial charge in [-0.25, -0.2) is 9.97 Å². The molecule has 6 nitrogen and oxygen atoms in total. The highest BCUT2D eigenvalue weighted by atomic mass is 35.5. The van der Waals surface area contributed by atoms with Gasteiger partial charge >= 0.3 is 0 Å². The first kappa shape index (κ1) is 11.7. The minimum Gasteiger partial charge on any atom is -0.370 e. The lowest BCUT2D eigenvalue weighted by Crippen LogP contribution is -2.20. The Morgan fingerprint density at radius 1 is 1.60 bits per heavy atom. The van der Waals surface area contributed by atoms with Crippen LogP contribution in [0.2, 0.25) is 5.15 Å². The second kappa shape index (κ2) is 6.15. The zero-order valence-electron chi connectivity index (χ0n) is 7.94. The Balaban J connectivity index is 2.17. The fraction of sp³-hybridized carbons (Fsp3) is 0.375. The topological polar surface area (TPSA) is 90.1 Å². The number of aromatic nitrogens is 2. The predicted octanol–water partition coefficient (Wildman–Crippen LogP) is 0.0438. The summed E-state index contributed by atoms with van der Waals surface area (Å²) in [5, 5.41) is 3.31. The summed E-state index contributed by atoms with van der Waals surface area (Å²) in [5.74, 6) is 0.123. The second-order valence-electron chi connectivity index (χ2n) is 2.67. The van der Waals surface area contributed by atoms with Gasteiger partial charge in [0.15, 0.2) is 0 Å². The molecule has 82 valence electrons. The Hall–Kier alpha value is -1.40. The van der Waals surface area contributed by atoms with E-state index in [1.807, 2.05) is 0 Å². The van der Waals surface area contributed by atoms with E-state index in [0.29, 0.717) is 24.1 Å². The van der Waals surface area contributed by atoms with Gasteiger partial charge in [0.05, 0.1) is 6.61 Å². The fourth-order valence-electron chi connectivity index (χ4n) is 0.854. The number of primary amides is 1. The third-order valence-electron chi connectivity index (χ3n) is 1.43. The van der Waals surface area contributed by atoms with Crippen LogP contribution in [0, 0.1) is 0 Å². The number of nitrogens with zero attached hydrogens (tertiary/aromatic N) is 2. The van der Waals surface area contributed by atoms with E-state index in [9.17, 15) is 4.79 Å². The number of rotatable bonds is 6. The monoisotopic (exact) mass is 230 g/mol. The number of halogens is 1. The maximum atomic E-state index is 10.3. The summed E-state index contributed by atoms with van der Waals surface area (Å²) in [7, 11) is 0.